The number of thiazole rings is 1. The van der Waals surface area contributed by atoms with Gasteiger partial charge in [0.05, 0.1) is 5.69 Å². The van der Waals surface area contributed by atoms with E-state index in [1.807, 2.05) is 17.5 Å². The van der Waals surface area contributed by atoms with Crippen LogP contribution in [0.2, 0.25) is 5.02 Å². The molecule has 4 nitrogen and oxygen atoms in total. The van der Waals surface area contributed by atoms with Crippen LogP contribution in [0.4, 0.5) is 5.13 Å². The summed E-state index contributed by atoms with van der Waals surface area (Å²) in [5.41, 5.74) is 7.82. The molecule has 6 heteroatoms. The van der Waals surface area contributed by atoms with E-state index < -0.39 is 0 Å². The van der Waals surface area contributed by atoms with Crippen LogP contribution in [-0.2, 0) is 16.6 Å². The number of benzene rings is 1. The lowest BCUT2D eigenvalue weighted by molar-refractivity contribution is -0.121. The summed E-state index contributed by atoms with van der Waals surface area (Å²) in [6, 6.07) is 7.93. The fraction of sp³-hybridized carbons (Fsp3) is 0.375. The van der Waals surface area contributed by atoms with Gasteiger partial charge in [-0.3, -0.25) is 4.79 Å². The molecule has 1 aliphatic carbocycles. The van der Waals surface area contributed by atoms with E-state index in [1.54, 1.807) is 0 Å². The van der Waals surface area contributed by atoms with Crippen LogP contribution in [0.3, 0.4) is 0 Å². The van der Waals surface area contributed by atoms with Crippen LogP contribution in [0.25, 0.3) is 0 Å². The first kappa shape index (κ1) is 15.3. The van der Waals surface area contributed by atoms with Gasteiger partial charge in [-0.2, -0.15) is 0 Å². The maximum absolute atomic E-state index is 12.0. The molecule has 1 fully saturated rings. The molecule has 0 spiro atoms. The number of halogens is 1. The fourth-order valence-corrected chi connectivity index (χ4v) is 3.28. The Hall–Kier alpha value is -1.59. The Bertz CT molecular complexity index is 664. The van der Waals surface area contributed by atoms with Crippen LogP contribution in [0.5, 0.6) is 0 Å². The van der Waals surface area contributed by atoms with Crippen LogP contribution in [-0.4, -0.2) is 17.4 Å². The molecule has 0 aliphatic heterocycles. The summed E-state index contributed by atoms with van der Waals surface area (Å²) in [4.78, 5) is 16.2. The third-order valence-electron chi connectivity index (χ3n) is 4.11. The number of nitrogen functional groups attached to an aromatic ring is 1. The van der Waals surface area contributed by atoms with E-state index in [-0.39, 0.29) is 11.3 Å². The van der Waals surface area contributed by atoms with Crippen molar-refractivity contribution in [1.29, 1.82) is 0 Å². The minimum atomic E-state index is 0.0619. The van der Waals surface area contributed by atoms with E-state index in [2.05, 4.69) is 22.4 Å². The van der Waals surface area contributed by atoms with Crippen molar-refractivity contribution >= 4 is 34.0 Å². The van der Waals surface area contributed by atoms with Gasteiger partial charge >= 0.3 is 0 Å². The second kappa shape index (κ2) is 6.26. The SMILES string of the molecule is Nc1nc(CCC(=O)NCC2(c3ccc(Cl)cc3)CC2)cs1. The van der Waals surface area contributed by atoms with Crippen molar-refractivity contribution in [2.45, 2.75) is 31.1 Å². The fourth-order valence-electron chi connectivity index (χ4n) is 2.56. The highest BCUT2D eigenvalue weighted by Crippen LogP contribution is 2.47. The third kappa shape index (κ3) is 3.59. The molecule has 1 aliphatic rings. The average Bonchev–Trinajstić information content (AvgIpc) is 3.19. The number of nitrogens with one attached hydrogen (secondary N) is 1. The van der Waals surface area contributed by atoms with Gasteiger partial charge in [0, 0.05) is 28.8 Å². The molecule has 2 aromatic rings. The largest absolute Gasteiger partial charge is 0.375 e. The van der Waals surface area contributed by atoms with Crippen molar-refractivity contribution in [3.63, 3.8) is 0 Å². The highest BCUT2D eigenvalue weighted by atomic mass is 35.5. The van der Waals surface area contributed by atoms with Gasteiger partial charge in [0.25, 0.3) is 0 Å². The van der Waals surface area contributed by atoms with E-state index in [0.29, 0.717) is 24.5 Å². The van der Waals surface area contributed by atoms with Crippen LogP contribution in [0.1, 0.15) is 30.5 Å². The maximum Gasteiger partial charge on any atom is 0.220 e. The number of rotatable bonds is 6. The Morgan fingerprint density at radius 3 is 2.68 bits per heavy atom. The Morgan fingerprint density at radius 1 is 1.36 bits per heavy atom. The molecule has 0 bridgehead atoms. The molecule has 1 heterocycles. The zero-order valence-corrected chi connectivity index (χ0v) is 13.7. The summed E-state index contributed by atoms with van der Waals surface area (Å²) >= 11 is 7.33. The molecule has 0 unspecified atom stereocenters. The number of amides is 1. The second-order valence-corrected chi connectivity index (χ2v) is 7.07. The van der Waals surface area contributed by atoms with Gasteiger partial charge < -0.3 is 11.1 Å². The first-order chi connectivity index (χ1) is 10.6. The number of carbonyl (C=O) groups is 1. The normalized spacial score (nSPS) is 15.5. The quantitative estimate of drug-likeness (QED) is 0.852. The lowest BCUT2D eigenvalue weighted by atomic mass is 9.96. The molecule has 0 radical (unpaired) electrons. The predicted molar refractivity (Wildman–Crippen MR) is 90.2 cm³/mol. The first-order valence-electron chi connectivity index (χ1n) is 7.30. The number of hydrogen-bond donors (Lipinski definition) is 2. The van der Waals surface area contributed by atoms with Crippen LogP contribution in [0.15, 0.2) is 29.6 Å². The van der Waals surface area contributed by atoms with Gasteiger partial charge in [0.1, 0.15) is 0 Å². The van der Waals surface area contributed by atoms with E-state index in [4.69, 9.17) is 17.3 Å². The minimum Gasteiger partial charge on any atom is -0.375 e. The van der Waals surface area contributed by atoms with E-state index in [1.165, 1.54) is 16.9 Å². The summed E-state index contributed by atoms with van der Waals surface area (Å²) in [5, 5.41) is 6.24. The number of hydrogen-bond acceptors (Lipinski definition) is 4. The lowest BCUT2D eigenvalue weighted by Crippen LogP contribution is -2.32. The molecule has 22 heavy (non-hydrogen) atoms. The van der Waals surface area contributed by atoms with Crippen LogP contribution >= 0.6 is 22.9 Å². The van der Waals surface area contributed by atoms with E-state index >= 15 is 0 Å². The highest BCUT2D eigenvalue weighted by molar-refractivity contribution is 7.13. The van der Waals surface area contributed by atoms with Crippen molar-refractivity contribution < 1.29 is 4.79 Å². The molecule has 3 N–H and O–H groups in total. The van der Waals surface area contributed by atoms with Crippen molar-refractivity contribution in [2.75, 3.05) is 12.3 Å². The molecule has 1 aromatic heterocycles. The van der Waals surface area contributed by atoms with Crippen molar-refractivity contribution in [3.8, 4) is 0 Å². The molecule has 1 amide bonds. The summed E-state index contributed by atoms with van der Waals surface area (Å²) < 4.78 is 0. The second-order valence-electron chi connectivity index (χ2n) is 5.74. The van der Waals surface area contributed by atoms with Gasteiger partial charge in [0.2, 0.25) is 5.91 Å². The topological polar surface area (TPSA) is 68.0 Å². The standard InChI is InChI=1S/C16H18ClN3OS/c17-12-3-1-11(2-4-12)16(7-8-16)10-19-14(21)6-5-13-9-22-15(18)20-13/h1-4,9H,5-8,10H2,(H2,18,20)(H,19,21). The summed E-state index contributed by atoms with van der Waals surface area (Å²) in [6.45, 7) is 0.687. The van der Waals surface area contributed by atoms with Gasteiger partial charge in [-0.25, -0.2) is 4.98 Å². The molecule has 1 aromatic carbocycles. The number of nitrogens with zero attached hydrogens (tertiary/aromatic N) is 1. The van der Waals surface area contributed by atoms with Gasteiger partial charge in [-0.15, -0.1) is 11.3 Å². The lowest BCUT2D eigenvalue weighted by Gasteiger charge is -2.16. The predicted octanol–water partition coefficient (Wildman–Crippen LogP) is 3.16. The van der Waals surface area contributed by atoms with Crippen molar-refractivity contribution in [1.82, 2.24) is 10.3 Å². The number of aryl methyl sites for hydroxylation is 1. The number of anilines is 1. The monoisotopic (exact) mass is 335 g/mol. The van der Waals surface area contributed by atoms with Gasteiger partial charge in [0.15, 0.2) is 5.13 Å². The van der Waals surface area contributed by atoms with Gasteiger partial charge in [-0.05, 0) is 37.0 Å². The summed E-state index contributed by atoms with van der Waals surface area (Å²) in [6.07, 6.45) is 3.29. The molecule has 1 saturated carbocycles. The molecule has 116 valence electrons. The molecular formula is C16H18ClN3OS. The van der Waals surface area contributed by atoms with Crippen LogP contribution < -0.4 is 11.1 Å². The first-order valence-corrected chi connectivity index (χ1v) is 8.56. The Morgan fingerprint density at radius 2 is 2.09 bits per heavy atom. The zero-order valence-electron chi connectivity index (χ0n) is 12.1. The van der Waals surface area contributed by atoms with Crippen LogP contribution in [0, 0.1) is 0 Å². The Balaban J connectivity index is 1.49. The van der Waals surface area contributed by atoms with Crippen molar-refractivity contribution in [2.24, 2.45) is 0 Å². The maximum atomic E-state index is 12.0. The van der Waals surface area contributed by atoms with Gasteiger partial charge in [-0.1, -0.05) is 23.7 Å². The number of nitrogens with two attached hydrogens (primary N) is 1. The van der Waals surface area contributed by atoms with Crippen molar-refractivity contribution in [3.05, 3.63) is 45.9 Å². The smallest absolute Gasteiger partial charge is 0.220 e. The highest BCUT2D eigenvalue weighted by Gasteiger charge is 2.44. The molecular weight excluding hydrogens is 318 g/mol. The molecule has 3 rings (SSSR count). The number of aromatic nitrogens is 1. The third-order valence-corrected chi connectivity index (χ3v) is 5.09. The minimum absolute atomic E-state index is 0.0619. The Labute approximate surface area is 138 Å². The molecule has 0 atom stereocenters. The van der Waals surface area contributed by atoms with E-state index in [9.17, 15) is 4.79 Å². The average molecular weight is 336 g/mol. The summed E-state index contributed by atoms with van der Waals surface area (Å²) in [5.74, 6) is 0.0619. The van der Waals surface area contributed by atoms with E-state index in [0.717, 1.165) is 23.6 Å². The summed E-state index contributed by atoms with van der Waals surface area (Å²) in [7, 11) is 0. The number of carbonyl (C=O) groups excluding carboxylic acids is 1. The Kier molecular flexibility index (Phi) is 4.36. The zero-order chi connectivity index (χ0) is 15.6. The molecule has 0 saturated heterocycles.